The molecule has 2 aromatic heterocycles. The van der Waals surface area contributed by atoms with Gasteiger partial charge in [0, 0.05) is 37.1 Å². The van der Waals surface area contributed by atoms with E-state index in [0.29, 0.717) is 24.0 Å². The molecule has 6 heteroatoms. The molecule has 0 saturated carbocycles. The third-order valence-corrected chi connectivity index (χ3v) is 6.84. The first kappa shape index (κ1) is 24.2. The number of rotatable bonds is 9. The van der Waals surface area contributed by atoms with Crippen molar-refractivity contribution in [3.05, 3.63) is 94.6 Å². The fourth-order valence-electron chi connectivity index (χ4n) is 4.88. The van der Waals surface area contributed by atoms with Gasteiger partial charge in [-0.1, -0.05) is 42.0 Å². The zero-order chi connectivity index (χ0) is 24.7. The van der Waals surface area contributed by atoms with Crippen LogP contribution in [-0.2, 0) is 6.54 Å². The summed E-state index contributed by atoms with van der Waals surface area (Å²) in [6, 6.07) is 20.4. The van der Waals surface area contributed by atoms with Gasteiger partial charge in [0.05, 0.1) is 18.1 Å². The van der Waals surface area contributed by atoms with Gasteiger partial charge >= 0.3 is 5.63 Å². The highest BCUT2D eigenvalue weighted by atomic mass is 16.5. The van der Waals surface area contributed by atoms with Gasteiger partial charge in [0.15, 0.2) is 0 Å². The van der Waals surface area contributed by atoms with Gasteiger partial charge in [0.1, 0.15) is 11.3 Å². The van der Waals surface area contributed by atoms with E-state index < -0.39 is 5.63 Å². The van der Waals surface area contributed by atoms with Crippen molar-refractivity contribution < 1.29 is 9.15 Å². The average molecular weight is 484 g/mol. The third kappa shape index (κ3) is 6.20. The van der Waals surface area contributed by atoms with Gasteiger partial charge in [-0.3, -0.25) is 4.98 Å². The minimum Gasteiger partial charge on any atom is -0.492 e. The van der Waals surface area contributed by atoms with Crippen LogP contribution in [0.4, 0.5) is 0 Å². The molecular formula is C30H33N3O3. The Morgan fingerprint density at radius 2 is 1.94 bits per heavy atom. The Kier molecular flexibility index (Phi) is 7.74. The Bertz CT molecular complexity index is 1340. The van der Waals surface area contributed by atoms with E-state index >= 15 is 0 Å². The molecule has 0 radical (unpaired) electrons. The number of hydrogen-bond acceptors (Lipinski definition) is 6. The number of benzene rings is 2. The second-order valence-corrected chi connectivity index (χ2v) is 9.57. The number of nitrogens with zero attached hydrogens (tertiary/aromatic N) is 2. The summed E-state index contributed by atoms with van der Waals surface area (Å²) < 4.78 is 11.5. The van der Waals surface area contributed by atoms with Crippen LogP contribution >= 0.6 is 0 Å². The summed E-state index contributed by atoms with van der Waals surface area (Å²) in [4.78, 5) is 18.8. The number of pyridine rings is 1. The first-order chi connectivity index (χ1) is 17.6. The number of likely N-dealkylation sites (tertiary alicyclic amines) is 1. The third-order valence-electron chi connectivity index (χ3n) is 6.84. The minimum absolute atomic E-state index is 0.402. The quantitative estimate of drug-likeness (QED) is 0.261. The highest BCUT2D eigenvalue weighted by Gasteiger charge is 2.18. The number of piperidine rings is 1. The Morgan fingerprint density at radius 3 is 2.75 bits per heavy atom. The predicted molar refractivity (Wildman–Crippen MR) is 143 cm³/mol. The van der Waals surface area contributed by atoms with Gasteiger partial charge in [-0.05, 0) is 68.6 Å². The highest BCUT2D eigenvalue weighted by Crippen LogP contribution is 2.28. The van der Waals surface area contributed by atoms with E-state index in [1.165, 1.54) is 17.2 Å². The van der Waals surface area contributed by atoms with E-state index in [2.05, 4.69) is 46.4 Å². The molecule has 0 bridgehead atoms. The normalized spacial score (nSPS) is 14.8. The molecule has 0 aliphatic carbocycles. The number of aryl methyl sites for hydroxylation is 1. The van der Waals surface area contributed by atoms with Crippen LogP contribution in [0.5, 0.6) is 5.75 Å². The Labute approximate surface area is 211 Å². The van der Waals surface area contributed by atoms with Crippen molar-refractivity contribution in [3.63, 3.8) is 0 Å². The first-order valence-corrected chi connectivity index (χ1v) is 12.8. The summed E-state index contributed by atoms with van der Waals surface area (Å²) in [6.45, 7) is 6.83. The van der Waals surface area contributed by atoms with E-state index in [9.17, 15) is 4.79 Å². The number of ether oxygens (including phenoxy) is 1. The Morgan fingerprint density at radius 1 is 1.06 bits per heavy atom. The van der Waals surface area contributed by atoms with Crippen molar-refractivity contribution in [2.75, 3.05) is 26.2 Å². The van der Waals surface area contributed by atoms with Gasteiger partial charge in [0.25, 0.3) is 0 Å². The minimum atomic E-state index is -0.402. The van der Waals surface area contributed by atoms with Crippen LogP contribution in [0.15, 0.2) is 82.3 Å². The van der Waals surface area contributed by atoms with E-state index in [-0.39, 0.29) is 0 Å². The first-order valence-electron chi connectivity index (χ1n) is 12.8. The summed E-state index contributed by atoms with van der Waals surface area (Å²) in [5, 5.41) is 4.53. The van der Waals surface area contributed by atoms with Gasteiger partial charge in [-0.2, -0.15) is 0 Å². The molecule has 2 aromatic carbocycles. The van der Waals surface area contributed by atoms with Crippen LogP contribution in [0.25, 0.3) is 22.1 Å². The van der Waals surface area contributed by atoms with Crippen molar-refractivity contribution in [1.29, 1.82) is 0 Å². The van der Waals surface area contributed by atoms with E-state index in [1.807, 2.05) is 30.3 Å². The molecule has 5 rings (SSSR count). The lowest BCUT2D eigenvalue weighted by Gasteiger charge is -2.32. The molecule has 36 heavy (non-hydrogen) atoms. The largest absolute Gasteiger partial charge is 0.492 e. The molecule has 1 fully saturated rings. The fourth-order valence-corrected chi connectivity index (χ4v) is 4.88. The summed E-state index contributed by atoms with van der Waals surface area (Å²) >= 11 is 0. The number of fused-ring (bicyclic) bond motifs is 1. The molecule has 6 nitrogen and oxygen atoms in total. The van der Waals surface area contributed by atoms with Crippen molar-refractivity contribution in [2.24, 2.45) is 0 Å². The SMILES string of the molecule is Cc1cccc(CNC2CCN(CCCOc3cc(=O)oc4cc(-c5cccnc5)ccc34)CC2)c1. The van der Waals surface area contributed by atoms with Gasteiger partial charge < -0.3 is 19.4 Å². The molecular weight excluding hydrogens is 450 g/mol. The number of nitrogens with one attached hydrogen (secondary N) is 1. The second-order valence-electron chi connectivity index (χ2n) is 9.57. The number of aromatic nitrogens is 1. The van der Waals surface area contributed by atoms with Crippen LogP contribution in [0.1, 0.15) is 30.4 Å². The zero-order valence-electron chi connectivity index (χ0n) is 20.8. The molecule has 0 spiro atoms. The van der Waals surface area contributed by atoms with Gasteiger partial charge in [-0.15, -0.1) is 0 Å². The topological polar surface area (TPSA) is 67.6 Å². The van der Waals surface area contributed by atoms with E-state index in [4.69, 9.17) is 9.15 Å². The molecule has 1 saturated heterocycles. The maximum atomic E-state index is 12.2. The standard InChI is InChI=1S/C30H33N3O3/c1-22-5-2-6-23(17-22)20-32-26-10-14-33(15-11-26)13-4-16-35-28-19-30(34)36-29-18-24(8-9-27(28)29)25-7-3-12-31-21-25/h2-3,5-9,12,17-19,21,26,32H,4,10-11,13-16,20H2,1H3. The molecule has 3 heterocycles. The molecule has 0 atom stereocenters. The maximum Gasteiger partial charge on any atom is 0.339 e. The fraction of sp³-hybridized carbons (Fsp3) is 0.333. The Balaban J connectivity index is 1.09. The highest BCUT2D eigenvalue weighted by molar-refractivity contribution is 5.87. The summed E-state index contributed by atoms with van der Waals surface area (Å²) in [6.07, 6.45) is 6.77. The van der Waals surface area contributed by atoms with Crippen molar-refractivity contribution in [1.82, 2.24) is 15.2 Å². The molecule has 0 amide bonds. The summed E-state index contributed by atoms with van der Waals surface area (Å²) in [5.74, 6) is 0.582. The molecule has 4 aromatic rings. The summed E-state index contributed by atoms with van der Waals surface area (Å²) in [7, 11) is 0. The van der Waals surface area contributed by atoms with Crippen LogP contribution in [0.2, 0.25) is 0 Å². The molecule has 1 N–H and O–H groups in total. The van der Waals surface area contributed by atoms with E-state index in [0.717, 1.165) is 62.0 Å². The van der Waals surface area contributed by atoms with E-state index in [1.54, 1.807) is 12.4 Å². The van der Waals surface area contributed by atoms with Crippen molar-refractivity contribution >= 4 is 11.0 Å². The van der Waals surface area contributed by atoms with Crippen molar-refractivity contribution in [2.45, 2.75) is 38.8 Å². The monoisotopic (exact) mass is 483 g/mol. The van der Waals surface area contributed by atoms with Crippen LogP contribution < -0.4 is 15.7 Å². The lowest BCUT2D eigenvalue weighted by molar-refractivity contribution is 0.182. The maximum absolute atomic E-state index is 12.2. The summed E-state index contributed by atoms with van der Waals surface area (Å²) in [5.41, 5.74) is 4.71. The zero-order valence-corrected chi connectivity index (χ0v) is 20.8. The van der Waals surface area contributed by atoms with Crippen LogP contribution in [0.3, 0.4) is 0 Å². The lowest BCUT2D eigenvalue weighted by Crippen LogP contribution is -2.42. The van der Waals surface area contributed by atoms with Crippen LogP contribution in [0, 0.1) is 6.92 Å². The number of hydrogen-bond donors (Lipinski definition) is 1. The van der Waals surface area contributed by atoms with Crippen molar-refractivity contribution in [3.8, 4) is 16.9 Å². The lowest BCUT2D eigenvalue weighted by atomic mass is 10.0. The molecule has 0 unspecified atom stereocenters. The Hall–Kier alpha value is -3.48. The molecule has 1 aliphatic rings. The van der Waals surface area contributed by atoms with Gasteiger partial charge in [0.2, 0.25) is 0 Å². The predicted octanol–water partition coefficient (Wildman–Crippen LogP) is 5.19. The van der Waals surface area contributed by atoms with Gasteiger partial charge in [-0.25, -0.2) is 4.79 Å². The molecule has 1 aliphatic heterocycles. The molecule has 186 valence electrons. The smallest absolute Gasteiger partial charge is 0.339 e. The second kappa shape index (κ2) is 11.5. The van der Waals surface area contributed by atoms with Crippen LogP contribution in [-0.4, -0.2) is 42.2 Å². The average Bonchev–Trinajstić information content (AvgIpc) is 2.90.